The smallest absolute Gasteiger partial charge is 0.304 e. The normalized spacial score (nSPS) is 12.3. The molecule has 1 heterocycles. The summed E-state index contributed by atoms with van der Waals surface area (Å²) < 4.78 is 6.81. The molecule has 0 radical (unpaired) electrons. The summed E-state index contributed by atoms with van der Waals surface area (Å²) in [6.45, 7) is 1.91. The van der Waals surface area contributed by atoms with Crippen LogP contribution in [-0.2, 0) is 10.5 Å². The standard InChI is InChI=1S/C15H15BrO3S/c1-10(8-15(17)18)20-9-13-6-7-14(19-13)11-2-4-12(16)5-3-11/h2-7,10H,8-9H2,1H3,(H,17,18). The first kappa shape index (κ1) is 15.2. The second-order valence-electron chi connectivity index (χ2n) is 4.49. The van der Waals surface area contributed by atoms with Crippen LogP contribution in [0.1, 0.15) is 19.1 Å². The SMILES string of the molecule is CC(CC(=O)O)SCc1ccc(-c2ccc(Br)cc2)o1. The number of hydrogen-bond donors (Lipinski definition) is 1. The van der Waals surface area contributed by atoms with Gasteiger partial charge >= 0.3 is 5.97 Å². The molecule has 0 amide bonds. The van der Waals surface area contributed by atoms with E-state index in [0.717, 1.165) is 21.6 Å². The van der Waals surface area contributed by atoms with Crippen LogP contribution in [0.2, 0.25) is 0 Å². The fourth-order valence-corrected chi connectivity index (χ4v) is 2.88. The quantitative estimate of drug-likeness (QED) is 0.808. The number of carboxylic acid groups (broad SMARTS) is 1. The minimum absolute atomic E-state index is 0.0775. The Kier molecular flexibility index (Phi) is 5.31. The maximum absolute atomic E-state index is 10.6. The van der Waals surface area contributed by atoms with Gasteiger partial charge in [-0.1, -0.05) is 35.0 Å². The Balaban J connectivity index is 1.95. The molecule has 5 heteroatoms. The maximum atomic E-state index is 10.6. The Bertz CT molecular complexity index is 577. The van der Waals surface area contributed by atoms with Crippen molar-refractivity contribution in [2.75, 3.05) is 0 Å². The Morgan fingerprint density at radius 2 is 2.00 bits per heavy atom. The van der Waals surface area contributed by atoms with Crippen LogP contribution in [0.5, 0.6) is 0 Å². The van der Waals surface area contributed by atoms with Gasteiger partial charge in [-0.05, 0) is 24.3 Å². The molecule has 1 aromatic carbocycles. The predicted molar refractivity (Wildman–Crippen MR) is 84.9 cm³/mol. The molecular formula is C15H15BrO3S. The molecule has 1 aromatic heterocycles. The lowest BCUT2D eigenvalue weighted by Crippen LogP contribution is -2.05. The highest BCUT2D eigenvalue weighted by Crippen LogP contribution is 2.27. The van der Waals surface area contributed by atoms with Crippen molar-refractivity contribution in [1.29, 1.82) is 0 Å². The molecule has 2 aromatic rings. The number of carbonyl (C=O) groups is 1. The molecule has 1 atom stereocenters. The zero-order valence-corrected chi connectivity index (χ0v) is 13.4. The molecule has 0 fully saturated rings. The van der Waals surface area contributed by atoms with Crippen LogP contribution in [0.15, 0.2) is 45.3 Å². The Morgan fingerprint density at radius 1 is 1.30 bits per heavy atom. The third kappa shape index (κ3) is 4.42. The first-order chi connectivity index (χ1) is 9.54. The van der Waals surface area contributed by atoms with E-state index >= 15 is 0 Å². The van der Waals surface area contributed by atoms with Gasteiger partial charge in [-0.3, -0.25) is 4.79 Å². The second kappa shape index (κ2) is 6.99. The van der Waals surface area contributed by atoms with E-state index in [4.69, 9.17) is 9.52 Å². The first-order valence-corrected chi connectivity index (χ1v) is 8.07. The van der Waals surface area contributed by atoms with E-state index < -0.39 is 5.97 Å². The number of carboxylic acids is 1. The predicted octanol–water partition coefficient (Wildman–Crippen LogP) is 4.81. The summed E-state index contributed by atoms with van der Waals surface area (Å²) in [6.07, 6.45) is 0.172. The third-order valence-electron chi connectivity index (χ3n) is 2.76. The summed E-state index contributed by atoms with van der Waals surface area (Å²) in [7, 11) is 0. The largest absolute Gasteiger partial charge is 0.481 e. The van der Waals surface area contributed by atoms with Crippen LogP contribution >= 0.6 is 27.7 Å². The van der Waals surface area contributed by atoms with E-state index in [-0.39, 0.29) is 11.7 Å². The fraction of sp³-hybridized carbons (Fsp3) is 0.267. The van der Waals surface area contributed by atoms with Gasteiger partial charge in [0.1, 0.15) is 11.5 Å². The monoisotopic (exact) mass is 354 g/mol. The number of hydrogen-bond acceptors (Lipinski definition) is 3. The van der Waals surface area contributed by atoms with Crippen LogP contribution < -0.4 is 0 Å². The first-order valence-electron chi connectivity index (χ1n) is 6.22. The van der Waals surface area contributed by atoms with Crippen molar-refractivity contribution in [2.45, 2.75) is 24.3 Å². The van der Waals surface area contributed by atoms with Gasteiger partial charge in [-0.25, -0.2) is 0 Å². The van der Waals surface area contributed by atoms with Crippen molar-refractivity contribution in [1.82, 2.24) is 0 Å². The van der Waals surface area contributed by atoms with E-state index in [1.165, 1.54) is 0 Å². The number of halogens is 1. The molecule has 0 spiro atoms. The van der Waals surface area contributed by atoms with Gasteiger partial charge in [0.05, 0.1) is 12.2 Å². The van der Waals surface area contributed by atoms with E-state index in [9.17, 15) is 4.79 Å². The number of furan rings is 1. The van der Waals surface area contributed by atoms with Crippen molar-refractivity contribution >= 4 is 33.7 Å². The van der Waals surface area contributed by atoms with Crippen LogP contribution in [0.25, 0.3) is 11.3 Å². The van der Waals surface area contributed by atoms with Gasteiger partial charge in [-0.15, -0.1) is 0 Å². The minimum atomic E-state index is -0.764. The van der Waals surface area contributed by atoms with Crippen LogP contribution in [0, 0.1) is 0 Å². The molecule has 0 aliphatic carbocycles. The molecule has 0 saturated heterocycles. The summed E-state index contributed by atoms with van der Waals surface area (Å²) >= 11 is 4.99. The van der Waals surface area contributed by atoms with Gasteiger partial charge in [0.2, 0.25) is 0 Å². The lowest BCUT2D eigenvalue weighted by molar-refractivity contribution is -0.136. The molecular weight excluding hydrogens is 340 g/mol. The molecule has 20 heavy (non-hydrogen) atoms. The minimum Gasteiger partial charge on any atom is -0.481 e. The highest BCUT2D eigenvalue weighted by atomic mass is 79.9. The Labute approximate surface area is 130 Å². The number of aliphatic carboxylic acids is 1. The van der Waals surface area contributed by atoms with E-state index in [2.05, 4.69) is 15.9 Å². The van der Waals surface area contributed by atoms with E-state index in [0.29, 0.717) is 5.75 Å². The zero-order chi connectivity index (χ0) is 14.5. The second-order valence-corrected chi connectivity index (χ2v) is 6.83. The summed E-state index contributed by atoms with van der Waals surface area (Å²) in [5.74, 6) is 1.62. The molecule has 0 aliphatic rings. The molecule has 0 saturated carbocycles. The van der Waals surface area contributed by atoms with Crippen molar-refractivity contribution < 1.29 is 14.3 Å². The van der Waals surface area contributed by atoms with Crippen molar-refractivity contribution in [3.05, 3.63) is 46.6 Å². The van der Waals surface area contributed by atoms with Crippen LogP contribution in [0.4, 0.5) is 0 Å². The number of thioether (sulfide) groups is 1. The van der Waals surface area contributed by atoms with Crippen molar-refractivity contribution in [3.63, 3.8) is 0 Å². The molecule has 1 N–H and O–H groups in total. The lowest BCUT2D eigenvalue weighted by atomic mass is 10.2. The molecule has 3 nitrogen and oxygen atoms in total. The van der Waals surface area contributed by atoms with Gasteiger partial charge in [0.25, 0.3) is 0 Å². The van der Waals surface area contributed by atoms with Crippen molar-refractivity contribution in [2.24, 2.45) is 0 Å². The van der Waals surface area contributed by atoms with Gasteiger partial charge < -0.3 is 9.52 Å². The Hall–Kier alpha value is -1.20. The molecule has 0 bridgehead atoms. The van der Waals surface area contributed by atoms with Gasteiger partial charge in [0.15, 0.2) is 0 Å². The summed E-state index contributed by atoms with van der Waals surface area (Å²) in [6, 6.07) is 11.8. The lowest BCUT2D eigenvalue weighted by Gasteiger charge is -2.06. The number of rotatable bonds is 6. The highest BCUT2D eigenvalue weighted by Gasteiger charge is 2.10. The zero-order valence-electron chi connectivity index (χ0n) is 11.0. The third-order valence-corrected chi connectivity index (χ3v) is 4.48. The maximum Gasteiger partial charge on any atom is 0.304 e. The topological polar surface area (TPSA) is 50.4 Å². The molecule has 106 valence electrons. The van der Waals surface area contributed by atoms with Crippen molar-refractivity contribution in [3.8, 4) is 11.3 Å². The van der Waals surface area contributed by atoms with Crippen LogP contribution in [-0.4, -0.2) is 16.3 Å². The molecule has 1 unspecified atom stereocenters. The van der Waals surface area contributed by atoms with E-state index in [1.807, 2.05) is 43.3 Å². The molecule has 0 aliphatic heterocycles. The average molecular weight is 355 g/mol. The van der Waals surface area contributed by atoms with Crippen LogP contribution in [0.3, 0.4) is 0 Å². The summed E-state index contributed by atoms with van der Waals surface area (Å²) in [5.41, 5.74) is 1.03. The van der Waals surface area contributed by atoms with E-state index in [1.54, 1.807) is 11.8 Å². The summed E-state index contributed by atoms with van der Waals surface area (Å²) in [4.78, 5) is 10.6. The number of benzene rings is 1. The van der Waals surface area contributed by atoms with Gasteiger partial charge in [-0.2, -0.15) is 11.8 Å². The summed E-state index contributed by atoms with van der Waals surface area (Å²) in [5, 5.41) is 8.79. The highest BCUT2D eigenvalue weighted by molar-refractivity contribution is 9.10. The Morgan fingerprint density at radius 3 is 2.65 bits per heavy atom. The fourth-order valence-electron chi connectivity index (χ4n) is 1.75. The average Bonchev–Trinajstić information content (AvgIpc) is 2.85. The van der Waals surface area contributed by atoms with Gasteiger partial charge in [0, 0.05) is 15.3 Å². The molecule has 2 rings (SSSR count).